The Bertz CT molecular complexity index is 1160. The molecule has 0 unspecified atom stereocenters. The van der Waals surface area contributed by atoms with Crippen molar-refractivity contribution in [3.05, 3.63) is 60.5 Å². The lowest BCUT2D eigenvalue weighted by Crippen LogP contribution is -2.27. The molecule has 0 saturated carbocycles. The lowest BCUT2D eigenvalue weighted by molar-refractivity contribution is -0.116. The lowest BCUT2D eigenvalue weighted by Gasteiger charge is -2.11. The molecule has 1 N–H and O–H groups in total. The molecule has 2 aromatic heterocycles. The first kappa shape index (κ1) is 20.0. The smallest absolute Gasteiger partial charge is 0.273 e. The molecule has 140 valence electrons. The van der Waals surface area contributed by atoms with Crippen molar-refractivity contribution in [1.82, 2.24) is 14.1 Å². The van der Waals surface area contributed by atoms with Gasteiger partial charge in [-0.2, -0.15) is 0 Å². The number of thiazole rings is 1. The van der Waals surface area contributed by atoms with Crippen LogP contribution in [0.3, 0.4) is 0 Å². The van der Waals surface area contributed by atoms with Crippen molar-refractivity contribution in [2.75, 3.05) is 5.32 Å². The molecule has 6 nitrogen and oxygen atoms in total. The SMILES string of the molecule is C=CCn1c(=S)sc2c(=O)n(CC(=O)Nc3c(Cl)cc(Cl)cc3Cl)cnc21. The number of nitrogens with one attached hydrogen (secondary N) is 1. The highest BCUT2D eigenvalue weighted by atomic mass is 35.5. The van der Waals surface area contributed by atoms with Gasteiger partial charge in [0.25, 0.3) is 5.56 Å². The van der Waals surface area contributed by atoms with E-state index in [-0.39, 0.29) is 27.8 Å². The van der Waals surface area contributed by atoms with Gasteiger partial charge >= 0.3 is 0 Å². The first-order valence-electron chi connectivity index (χ1n) is 7.46. The average Bonchev–Trinajstić information content (AvgIpc) is 2.91. The molecule has 0 radical (unpaired) electrons. The van der Waals surface area contributed by atoms with E-state index >= 15 is 0 Å². The van der Waals surface area contributed by atoms with Gasteiger partial charge in [0.15, 0.2) is 9.60 Å². The van der Waals surface area contributed by atoms with Crippen molar-refractivity contribution in [3.63, 3.8) is 0 Å². The summed E-state index contributed by atoms with van der Waals surface area (Å²) in [6, 6.07) is 2.92. The van der Waals surface area contributed by atoms with Gasteiger partial charge in [-0.25, -0.2) is 4.98 Å². The van der Waals surface area contributed by atoms with E-state index in [0.29, 0.717) is 25.9 Å². The number of allylic oxidation sites excluding steroid dienone is 1. The van der Waals surface area contributed by atoms with Crippen molar-refractivity contribution >= 4 is 80.3 Å². The number of nitrogens with zero attached hydrogens (tertiary/aromatic N) is 3. The van der Waals surface area contributed by atoms with Gasteiger partial charge in [-0.05, 0) is 24.4 Å². The van der Waals surface area contributed by atoms with Crippen LogP contribution in [-0.2, 0) is 17.9 Å². The Labute approximate surface area is 177 Å². The summed E-state index contributed by atoms with van der Waals surface area (Å²) in [6.07, 6.45) is 2.97. The number of rotatable bonds is 5. The van der Waals surface area contributed by atoms with Crippen LogP contribution in [0.4, 0.5) is 5.69 Å². The summed E-state index contributed by atoms with van der Waals surface area (Å²) < 4.78 is 3.79. The van der Waals surface area contributed by atoms with Crippen molar-refractivity contribution in [2.24, 2.45) is 0 Å². The third kappa shape index (κ3) is 4.09. The Morgan fingerprint density at radius 1 is 1.33 bits per heavy atom. The minimum Gasteiger partial charge on any atom is -0.322 e. The van der Waals surface area contributed by atoms with Gasteiger partial charge in [0.1, 0.15) is 17.6 Å². The maximum Gasteiger partial charge on any atom is 0.273 e. The quantitative estimate of drug-likeness (QED) is 0.439. The first-order chi connectivity index (χ1) is 12.8. The standard InChI is InChI=1S/C16H11Cl3N4O2S2/c1-2-3-23-14-13(27-16(23)26)15(25)22(7-20-14)6-11(24)21-12-9(18)4-8(17)5-10(12)19/h2,4-5,7H,1,3,6H2,(H,21,24). The van der Waals surface area contributed by atoms with Crippen LogP contribution in [0.1, 0.15) is 0 Å². The summed E-state index contributed by atoms with van der Waals surface area (Å²) in [5, 5.41) is 3.32. The molecule has 0 aliphatic heterocycles. The fourth-order valence-corrected chi connectivity index (χ4v) is 4.60. The summed E-state index contributed by atoms with van der Waals surface area (Å²) in [6.45, 7) is 3.85. The second kappa shape index (κ2) is 8.12. The van der Waals surface area contributed by atoms with Crippen molar-refractivity contribution in [3.8, 4) is 0 Å². The zero-order valence-corrected chi connectivity index (χ0v) is 17.4. The average molecular weight is 462 g/mol. The molecular formula is C16H11Cl3N4O2S2. The molecule has 27 heavy (non-hydrogen) atoms. The van der Waals surface area contributed by atoms with Crippen molar-refractivity contribution in [1.29, 1.82) is 0 Å². The topological polar surface area (TPSA) is 68.9 Å². The van der Waals surface area contributed by atoms with Crippen molar-refractivity contribution < 1.29 is 4.79 Å². The number of anilines is 1. The van der Waals surface area contributed by atoms with E-state index in [4.69, 9.17) is 47.0 Å². The van der Waals surface area contributed by atoms with Crippen LogP contribution in [0, 0.1) is 3.95 Å². The van der Waals surface area contributed by atoms with Gasteiger partial charge in [0.05, 0.1) is 15.7 Å². The fourth-order valence-electron chi connectivity index (χ4n) is 2.37. The van der Waals surface area contributed by atoms with Gasteiger partial charge in [0, 0.05) is 11.6 Å². The molecule has 0 atom stereocenters. The molecule has 3 rings (SSSR count). The number of hydrogen-bond donors (Lipinski definition) is 1. The second-order valence-electron chi connectivity index (χ2n) is 5.39. The predicted octanol–water partition coefficient (Wildman–Crippen LogP) is 4.77. The number of amides is 1. The molecule has 0 bridgehead atoms. The number of halogens is 3. The van der Waals surface area contributed by atoms with Crippen LogP contribution in [0.15, 0.2) is 35.9 Å². The molecule has 11 heteroatoms. The number of aromatic nitrogens is 3. The van der Waals surface area contributed by atoms with Gasteiger partial charge in [-0.3, -0.25) is 14.2 Å². The van der Waals surface area contributed by atoms with Gasteiger partial charge in [-0.15, -0.1) is 6.58 Å². The molecule has 1 aromatic carbocycles. The van der Waals surface area contributed by atoms with E-state index in [0.717, 1.165) is 11.3 Å². The van der Waals surface area contributed by atoms with Crippen LogP contribution in [0.5, 0.6) is 0 Å². The van der Waals surface area contributed by atoms with Crippen LogP contribution in [0.25, 0.3) is 10.3 Å². The zero-order chi connectivity index (χ0) is 19.7. The lowest BCUT2D eigenvalue weighted by atomic mass is 10.3. The van der Waals surface area contributed by atoms with Crippen molar-refractivity contribution in [2.45, 2.75) is 13.1 Å². The number of hydrogen-bond acceptors (Lipinski definition) is 5. The Morgan fingerprint density at radius 3 is 2.63 bits per heavy atom. The Hall–Kier alpha value is -1.71. The maximum absolute atomic E-state index is 12.7. The minimum absolute atomic E-state index is 0.196. The monoisotopic (exact) mass is 460 g/mol. The number of carbonyl (C=O) groups is 1. The third-order valence-electron chi connectivity index (χ3n) is 3.54. The number of benzene rings is 1. The van der Waals surface area contributed by atoms with E-state index in [1.54, 1.807) is 10.6 Å². The van der Waals surface area contributed by atoms with E-state index in [1.807, 2.05) is 0 Å². The third-order valence-corrected chi connectivity index (χ3v) is 5.78. The summed E-state index contributed by atoms with van der Waals surface area (Å²) in [4.78, 5) is 29.3. The molecule has 2 heterocycles. The normalized spacial score (nSPS) is 10.9. The van der Waals surface area contributed by atoms with E-state index < -0.39 is 5.91 Å². The molecule has 0 fully saturated rings. The molecule has 0 aliphatic rings. The largest absolute Gasteiger partial charge is 0.322 e. The molecular weight excluding hydrogens is 451 g/mol. The summed E-state index contributed by atoms with van der Waals surface area (Å²) in [5.74, 6) is -0.488. The Kier molecular flexibility index (Phi) is 6.02. The highest BCUT2D eigenvalue weighted by Gasteiger charge is 2.15. The number of fused-ring (bicyclic) bond motifs is 1. The zero-order valence-electron chi connectivity index (χ0n) is 13.5. The molecule has 0 saturated heterocycles. The Balaban J connectivity index is 1.90. The molecule has 1 amide bonds. The van der Waals surface area contributed by atoms with Crippen LogP contribution >= 0.6 is 58.4 Å². The van der Waals surface area contributed by atoms with Gasteiger partial charge < -0.3 is 9.88 Å². The van der Waals surface area contributed by atoms with Gasteiger partial charge in [0.2, 0.25) is 5.91 Å². The van der Waals surface area contributed by atoms with E-state index in [2.05, 4.69) is 16.9 Å². The van der Waals surface area contributed by atoms with Crippen LogP contribution < -0.4 is 10.9 Å². The predicted molar refractivity (Wildman–Crippen MR) is 113 cm³/mol. The molecule has 0 aliphatic carbocycles. The molecule has 0 spiro atoms. The fraction of sp³-hybridized carbons (Fsp3) is 0.125. The Morgan fingerprint density at radius 2 is 2.00 bits per heavy atom. The summed E-state index contributed by atoms with van der Waals surface area (Å²) >= 11 is 24.4. The van der Waals surface area contributed by atoms with E-state index in [9.17, 15) is 9.59 Å². The number of carbonyl (C=O) groups excluding carboxylic acids is 1. The summed E-state index contributed by atoms with van der Waals surface area (Å²) in [5.41, 5.74) is 0.334. The first-order valence-corrected chi connectivity index (χ1v) is 9.81. The molecule has 3 aromatic rings. The maximum atomic E-state index is 12.7. The van der Waals surface area contributed by atoms with Gasteiger partial charge in [-0.1, -0.05) is 52.2 Å². The highest BCUT2D eigenvalue weighted by molar-refractivity contribution is 7.73. The minimum atomic E-state index is -0.488. The van der Waals surface area contributed by atoms with E-state index in [1.165, 1.54) is 23.0 Å². The highest BCUT2D eigenvalue weighted by Crippen LogP contribution is 2.33. The second-order valence-corrected chi connectivity index (χ2v) is 8.29. The summed E-state index contributed by atoms with van der Waals surface area (Å²) in [7, 11) is 0. The van der Waals surface area contributed by atoms with Crippen LogP contribution in [-0.4, -0.2) is 20.0 Å². The van der Waals surface area contributed by atoms with Crippen LogP contribution in [0.2, 0.25) is 15.1 Å².